The molecular formula is C12H14F3NO2S2. The van der Waals surface area contributed by atoms with Gasteiger partial charge in [-0.1, -0.05) is 6.42 Å². The molecule has 0 N–H and O–H groups in total. The summed E-state index contributed by atoms with van der Waals surface area (Å²) in [4.78, 5) is 3.42. The first-order valence-corrected chi connectivity index (χ1v) is 9.12. The topological polar surface area (TPSA) is 47.0 Å². The van der Waals surface area contributed by atoms with Crippen molar-refractivity contribution in [3.05, 3.63) is 16.1 Å². The first-order chi connectivity index (χ1) is 9.26. The van der Waals surface area contributed by atoms with Crippen molar-refractivity contribution >= 4 is 21.2 Å². The number of aromatic nitrogens is 1. The van der Waals surface area contributed by atoms with Crippen LogP contribution < -0.4 is 0 Å². The third kappa shape index (κ3) is 2.86. The van der Waals surface area contributed by atoms with Gasteiger partial charge in [0, 0.05) is 11.1 Å². The number of sulfone groups is 1. The maximum absolute atomic E-state index is 12.4. The standard InChI is InChI=1S/C12H14F3NO2S2/c13-12(14,15)11-16-4-7(19-11)5-20(17,18)6-10-8-2-1-3-9(8)10/h4,8-10H,1-3,5-6H2. The van der Waals surface area contributed by atoms with Crippen LogP contribution in [0.1, 0.15) is 29.1 Å². The molecular weight excluding hydrogens is 311 g/mol. The van der Waals surface area contributed by atoms with Gasteiger partial charge in [-0.05, 0) is 30.6 Å². The molecule has 3 rings (SSSR count). The lowest BCUT2D eigenvalue weighted by molar-refractivity contribution is -0.137. The quantitative estimate of drug-likeness (QED) is 0.854. The molecule has 2 aliphatic carbocycles. The van der Waals surface area contributed by atoms with E-state index in [9.17, 15) is 21.6 Å². The van der Waals surface area contributed by atoms with Crippen molar-refractivity contribution in [2.75, 3.05) is 5.75 Å². The Kier molecular flexibility index (Phi) is 3.36. The average Bonchev–Trinajstić information content (AvgIpc) is 2.75. The second-order valence-electron chi connectivity index (χ2n) is 5.61. The molecule has 0 amide bonds. The van der Waals surface area contributed by atoms with Gasteiger partial charge in [0.05, 0.1) is 11.5 Å². The van der Waals surface area contributed by atoms with Crippen LogP contribution in [0.25, 0.3) is 0 Å². The minimum absolute atomic E-state index is 0.113. The van der Waals surface area contributed by atoms with Crippen LogP contribution in [-0.2, 0) is 21.8 Å². The van der Waals surface area contributed by atoms with Crippen molar-refractivity contribution in [1.82, 2.24) is 4.98 Å². The van der Waals surface area contributed by atoms with E-state index in [0.29, 0.717) is 23.2 Å². The number of hydrogen-bond acceptors (Lipinski definition) is 4. The number of thiazole rings is 1. The van der Waals surface area contributed by atoms with Gasteiger partial charge < -0.3 is 0 Å². The largest absolute Gasteiger partial charge is 0.443 e. The molecule has 3 nitrogen and oxygen atoms in total. The molecule has 1 aromatic heterocycles. The van der Waals surface area contributed by atoms with Gasteiger partial charge in [0.25, 0.3) is 0 Å². The summed E-state index contributed by atoms with van der Waals surface area (Å²) in [5.41, 5.74) is 0. The fourth-order valence-corrected chi connectivity index (χ4v) is 6.35. The smallest absolute Gasteiger partial charge is 0.240 e. The molecule has 1 aromatic rings. The van der Waals surface area contributed by atoms with E-state index in [2.05, 4.69) is 4.98 Å². The lowest BCUT2D eigenvalue weighted by Gasteiger charge is -2.04. The molecule has 2 fully saturated rings. The molecule has 0 radical (unpaired) electrons. The van der Waals surface area contributed by atoms with E-state index in [0.717, 1.165) is 19.0 Å². The summed E-state index contributed by atoms with van der Waals surface area (Å²) < 4.78 is 61.3. The van der Waals surface area contributed by atoms with Crippen LogP contribution in [0.5, 0.6) is 0 Å². The third-order valence-electron chi connectivity index (χ3n) is 4.19. The van der Waals surface area contributed by atoms with E-state index >= 15 is 0 Å². The molecule has 8 heteroatoms. The lowest BCUT2D eigenvalue weighted by Crippen LogP contribution is -2.12. The summed E-state index contributed by atoms with van der Waals surface area (Å²) in [6.07, 6.45) is -0.0953. The maximum Gasteiger partial charge on any atom is 0.443 e. The summed E-state index contributed by atoms with van der Waals surface area (Å²) in [7, 11) is -3.34. The molecule has 2 aliphatic rings. The molecule has 2 unspecified atom stereocenters. The van der Waals surface area contributed by atoms with Gasteiger partial charge in [0.15, 0.2) is 14.8 Å². The summed E-state index contributed by atoms with van der Waals surface area (Å²) in [6, 6.07) is 0. The molecule has 0 saturated heterocycles. The minimum Gasteiger partial charge on any atom is -0.240 e. The van der Waals surface area contributed by atoms with E-state index < -0.39 is 21.0 Å². The van der Waals surface area contributed by atoms with Crippen molar-refractivity contribution < 1.29 is 21.6 Å². The molecule has 1 heterocycles. The molecule has 0 bridgehead atoms. The van der Waals surface area contributed by atoms with Crippen LogP contribution >= 0.6 is 11.3 Å². The van der Waals surface area contributed by atoms with Crippen LogP contribution in [0.3, 0.4) is 0 Å². The van der Waals surface area contributed by atoms with Gasteiger partial charge >= 0.3 is 6.18 Å². The monoisotopic (exact) mass is 325 g/mol. The summed E-state index contributed by atoms with van der Waals surface area (Å²) in [5.74, 6) is 1.11. The zero-order chi connectivity index (χ0) is 14.5. The van der Waals surface area contributed by atoms with Gasteiger partial charge in [-0.25, -0.2) is 13.4 Å². The highest BCUT2D eigenvalue weighted by Crippen LogP contribution is 2.58. The van der Waals surface area contributed by atoms with E-state index in [1.807, 2.05) is 0 Å². The van der Waals surface area contributed by atoms with Crippen molar-refractivity contribution in [2.45, 2.75) is 31.2 Å². The Morgan fingerprint density at radius 1 is 1.30 bits per heavy atom. The van der Waals surface area contributed by atoms with Crippen LogP contribution in [-0.4, -0.2) is 19.2 Å². The van der Waals surface area contributed by atoms with Gasteiger partial charge in [0.2, 0.25) is 0 Å². The Morgan fingerprint density at radius 2 is 1.95 bits per heavy atom. The van der Waals surface area contributed by atoms with Crippen molar-refractivity contribution in [1.29, 1.82) is 0 Å². The molecule has 0 aromatic carbocycles. The van der Waals surface area contributed by atoms with Crippen molar-refractivity contribution in [3.63, 3.8) is 0 Å². The number of fused-ring (bicyclic) bond motifs is 1. The van der Waals surface area contributed by atoms with Gasteiger partial charge in [-0.15, -0.1) is 11.3 Å². The highest BCUT2D eigenvalue weighted by atomic mass is 32.2. The summed E-state index contributed by atoms with van der Waals surface area (Å²) >= 11 is 0.420. The normalized spacial score (nSPS) is 29.4. The fourth-order valence-electron chi connectivity index (χ4n) is 3.29. The zero-order valence-corrected chi connectivity index (χ0v) is 12.2. The molecule has 2 saturated carbocycles. The van der Waals surface area contributed by atoms with E-state index in [1.165, 1.54) is 6.42 Å². The Balaban J connectivity index is 1.63. The van der Waals surface area contributed by atoms with Crippen LogP contribution in [0.2, 0.25) is 0 Å². The number of halogens is 3. The maximum atomic E-state index is 12.4. The third-order valence-corrected chi connectivity index (χ3v) is 7.06. The first-order valence-electron chi connectivity index (χ1n) is 6.48. The Labute approximate surface area is 119 Å². The highest BCUT2D eigenvalue weighted by molar-refractivity contribution is 7.90. The number of nitrogens with zero attached hydrogens (tertiary/aromatic N) is 1. The SMILES string of the molecule is O=S(=O)(Cc1cnc(C(F)(F)F)s1)CC1C2CCCC21. The second-order valence-corrected chi connectivity index (χ2v) is 8.83. The van der Waals surface area contributed by atoms with E-state index in [1.54, 1.807) is 0 Å². The van der Waals surface area contributed by atoms with Crippen LogP contribution in [0, 0.1) is 17.8 Å². The fraction of sp³-hybridized carbons (Fsp3) is 0.750. The average molecular weight is 325 g/mol. The second kappa shape index (κ2) is 4.69. The molecule has 20 heavy (non-hydrogen) atoms. The van der Waals surface area contributed by atoms with E-state index in [4.69, 9.17) is 0 Å². The predicted octanol–water partition coefficient (Wildman–Crippen LogP) is 3.12. The highest BCUT2D eigenvalue weighted by Gasteiger charge is 2.53. The van der Waals surface area contributed by atoms with Crippen molar-refractivity contribution in [3.8, 4) is 0 Å². The predicted molar refractivity (Wildman–Crippen MR) is 68.9 cm³/mol. The Morgan fingerprint density at radius 3 is 2.50 bits per heavy atom. The summed E-state index contributed by atoms with van der Waals surface area (Å²) in [5, 5.41) is -0.981. The van der Waals surface area contributed by atoms with Crippen molar-refractivity contribution in [2.24, 2.45) is 17.8 Å². The van der Waals surface area contributed by atoms with Crippen LogP contribution in [0.15, 0.2) is 6.20 Å². The van der Waals surface area contributed by atoms with Gasteiger partial charge in [-0.2, -0.15) is 13.2 Å². The Bertz CT molecular complexity index is 598. The van der Waals surface area contributed by atoms with E-state index in [-0.39, 0.29) is 22.3 Å². The zero-order valence-electron chi connectivity index (χ0n) is 10.6. The molecule has 2 atom stereocenters. The minimum atomic E-state index is -4.50. The number of hydrogen-bond donors (Lipinski definition) is 0. The number of rotatable bonds is 4. The molecule has 0 aliphatic heterocycles. The summed E-state index contributed by atoms with van der Waals surface area (Å²) in [6.45, 7) is 0. The van der Waals surface area contributed by atoms with Gasteiger partial charge in [-0.3, -0.25) is 0 Å². The Hall–Kier alpha value is -0.630. The molecule has 0 spiro atoms. The van der Waals surface area contributed by atoms with Gasteiger partial charge in [0.1, 0.15) is 0 Å². The number of alkyl halides is 3. The lowest BCUT2D eigenvalue weighted by atomic mass is 10.2. The molecule has 112 valence electrons. The first kappa shape index (κ1) is 14.3. The van der Waals surface area contributed by atoms with Crippen LogP contribution in [0.4, 0.5) is 13.2 Å².